The van der Waals surface area contributed by atoms with Gasteiger partial charge in [0, 0.05) is 6.42 Å². The molecule has 0 heterocycles. The van der Waals surface area contributed by atoms with Crippen molar-refractivity contribution < 1.29 is 14.3 Å². The topological polar surface area (TPSA) is 35.5 Å². The summed E-state index contributed by atoms with van der Waals surface area (Å²) in [6, 6.07) is 16.1. The van der Waals surface area contributed by atoms with Crippen molar-refractivity contribution in [2.45, 2.75) is 32.1 Å². The lowest BCUT2D eigenvalue weighted by Gasteiger charge is -2.16. The van der Waals surface area contributed by atoms with E-state index in [1.54, 1.807) is 0 Å². The molecule has 0 unspecified atom stereocenters. The quantitative estimate of drug-likeness (QED) is 0.763. The number of ether oxygens (including phenoxy) is 2. The van der Waals surface area contributed by atoms with Gasteiger partial charge in [-0.15, -0.1) is 0 Å². The van der Waals surface area contributed by atoms with Gasteiger partial charge in [-0.05, 0) is 54.5 Å². The van der Waals surface area contributed by atoms with Crippen LogP contribution in [0.4, 0.5) is 0 Å². The van der Waals surface area contributed by atoms with Crippen LogP contribution < -0.4 is 4.74 Å². The maximum atomic E-state index is 11.7. The van der Waals surface area contributed by atoms with Crippen LogP contribution >= 0.6 is 0 Å². The molecule has 3 nitrogen and oxygen atoms in total. The first-order valence-corrected chi connectivity index (χ1v) is 8.25. The van der Waals surface area contributed by atoms with Gasteiger partial charge in [-0.3, -0.25) is 0 Å². The summed E-state index contributed by atoms with van der Waals surface area (Å²) in [6.07, 6.45) is 5.48. The van der Waals surface area contributed by atoms with E-state index >= 15 is 0 Å². The van der Waals surface area contributed by atoms with Crippen molar-refractivity contribution in [3.05, 3.63) is 65.2 Å². The first-order valence-electron chi connectivity index (χ1n) is 8.25. The third kappa shape index (κ3) is 4.59. The lowest BCUT2D eigenvalue weighted by molar-refractivity contribution is -0.145. The van der Waals surface area contributed by atoms with E-state index in [1.807, 2.05) is 36.4 Å². The van der Waals surface area contributed by atoms with E-state index in [9.17, 15) is 4.79 Å². The van der Waals surface area contributed by atoms with Gasteiger partial charge < -0.3 is 9.47 Å². The number of hydrogen-bond acceptors (Lipinski definition) is 3. The van der Waals surface area contributed by atoms with Crippen LogP contribution in [0.1, 0.15) is 29.5 Å². The van der Waals surface area contributed by atoms with E-state index in [0.29, 0.717) is 6.61 Å². The lowest BCUT2D eigenvalue weighted by atomic mass is 9.92. The van der Waals surface area contributed by atoms with Gasteiger partial charge in [0.25, 0.3) is 0 Å². The molecule has 0 amide bonds. The van der Waals surface area contributed by atoms with Crippen molar-refractivity contribution in [1.82, 2.24) is 0 Å². The Labute approximate surface area is 137 Å². The van der Waals surface area contributed by atoms with Crippen LogP contribution in [0.15, 0.2) is 48.5 Å². The van der Waals surface area contributed by atoms with Crippen molar-refractivity contribution in [2.24, 2.45) is 0 Å². The second-order valence-electron chi connectivity index (χ2n) is 5.88. The fraction of sp³-hybridized carbons (Fsp3) is 0.350. The van der Waals surface area contributed by atoms with E-state index in [2.05, 4.69) is 12.1 Å². The third-order valence-electron chi connectivity index (χ3n) is 4.17. The van der Waals surface area contributed by atoms with Crippen LogP contribution in [-0.2, 0) is 28.8 Å². The lowest BCUT2D eigenvalue weighted by Crippen LogP contribution is -2.16. The number of fused-ring (bicyclic) bond motifs is 1. The molecule has 23 heavy (non-hydrogen) atoms. The van der Waals surface area contributed by atoms with Crippen LogP contribution in [-0.4, -0.2) is 19.2 Å². The molecule has 0 atom stereocenters. The molecule has 0 spiro atoms. The second kappa shape index (κ2) is 7.82. The average molecular weight is 310 g/mol. The van der Waals surface area contributed by atoms with Crippen LogP contribution in [0, 0.1) is 0 Å². The Kier molecular flexibility index (Phi) is 5.30. The van der Waals surface area contributed by atoms with E-state index in [1.165, 1.54) is 24.0 Å². The molecule has 0 bridgehead atoms. The Morgan fingerprint density at radius 3 is 2.57 bits per heavy atom. The highest BCUT2D eigenvalue weighted by atomic mass is 16.6. The van der Waals surface area contributed by atoms with Crippen molar-refractivity contribution in [2.75, 3.05) is 13.2 Å². The van der Waals surface area contributed by atoms with Crippen molar-refractivity contribution in [1.29, 1.82) is 0 Å². The highest BCUT2D eigenvalue weighted by Crippen LogP contribution is 2.25. The molecule has 0 N–H and O–H groups in total. The van der Waals surface area contributed by atoms with Crippen LogP contribution in [0.25, 0.3) is 0 Å². The van der Waals surface area contributed by atoms with Gasteiger partial charge in [0.05, 0.1) is 6.61 Å². The highest BCUT2D eigenvalue weighted by Gasteiger charge is 2.11. The molecule has 3 heteroatoms. The Morgan fingerprint density at radius 1 is 0.957 bits per heavy atom. The predicted molar refractivity (Wildman–Crippen MR) is 89.7 cm³/mol. The summed E-state index contributed by atoms with van der Waals surface area (Å²) in [7, 11) is 0. The smallest absolute Gasteiger partial charge is 0.344 e. The second-order valence-corrected chi connectivity index (χ2v) is 5.88. The maximum absolute atomic E-state index is 11.7. The zero-order chi connectivity index (χ0) is 15.9. The molecule has 0 saturated heterocycles. The van der Waals surface area contributed by atoms with Gasteiger partial charge in [0.2, 0.25) is 0 Å². The predicted octanol–water partition coefficient (Wildman–Crippen LogP) is 3.73. The first kappa shape index (κ1) is 15.6. The van der Waals surface area contributed by atoms with E-state index in [4.69, 9.17) is 9.47 Å². The monoisotopic (exact) mass is 310 g/mol. The number of benzene rings is 2. The van der Waals surface area contributed by atoms with Crippen molar-refractivity contribution >= 4 is 5.97 Å². The standard InChI is InChI=1S/C20H22O3/c21-20(22-13-12-16-6-2-1-3-7-16)15-23-19-11-10-17-8-4-5-9-18(17)14-19/h1-3,6-7,10-11,14H,4-5,8-9,12-13,15H2. The zero-order valence-corrected chi connectivity index (χ0v) is 13.3. The minimum atomic E-state index is -0.321. The molecule has 1 aliphatic rings. The minimum absolute atomic E-state index is 0.0342. The van der Waals surface area contributed by atoms with Crippen LogP contribution in [0.3, 0.4) is 0 Å². The van der Waals surface area contributed by atoms with Crippen LogP contribution in [0.5, 0.6) is 5.75 Å². The first-order chi connectivity index (χ1) is 11.3. The summed E-state index contributed by atoms with van der Waals surface area (Å²) in [5.74, 6) is 0.435. The SMILES string of the molecule is O=C(COc1ccc2c(c1)CCCC2)OCCc1ccccc1. The summed E-state index contributed by atoms with van der Waals surface area (Å²) in [4.78, 5) is 11.7. The average Bonchev–Trinajstić information content (AvgIpc) is 2.61. The van der Waals surface area contributed by atoms with Gasteiger partial charge in [0.1, 0.15) is 5.75 Å². The minimum Gasteiger partial charge on any atom is -0.482 e. The molecular formula is C20H22O3. The normalized spacial score (nSPS) is 13.2. The largest absolute Gasteiger partial charge is 0.482 e. The molecule has 0 radical (unpaired) electrons. The third-order valence-corrected chi connectivity index (χ3v) is 4.17. The van der Waals surface area contributed by atoms with Crippen molar-refractivity contribution in [3.8, 4) is 5.75 Å². The Morgan fingerprint density at radius 2 is 1.74 bits per heavy atom. The number of carbonyl (C=O) groups is 1. The van der Waals surface area contributed by atoms with E-state index in [-0.39, 0.29) is 12.6 Å². The van der Waals surface area contributed by atoms with E-state index < -0.39 is 0 Å². The number of carbonyl (C=O) groups excluding carboxylic acids is 1. The molecule has 1 aliphatic carbocycles. The molecule has 0 aliphatic heterocycles. The van der Waals surface area contributed by atoms with Crippen LogP contribution in [0.2, 0.25) is 0 Å². The number of hydrogen-bond donors (Lipinski definition) is 0. The highest BCUT2D eigenvalue weighted by molar-refractivity contribution is 5.71. The molecule has 120 valence electrons. The Bertz CT molecular complexity index is 649. The van der Waals surface area contributed by atoms with Crippen molar-refractivity contribution in [3.63, 3.8) is 0 Å². The maximum Gasteiger partial charge on any atom is 0.344 e. The van der Waals surface area contributed by atoms with Gasteiger partial charge >= 0.3 is 5.97 Å². The summed E-state index contributed by atoms with van der Waals surface area (Å²) in [6.45, 7) is 0.351. The van der Waals surface area contributed by atoms with E-state index in [0.717, 1.165) is 30.6 Å². The zero-order valence-electron chi connectivity index (χ0n) is 13.3. The molecule has 0 fully saturated rings. The number of aryl methyl sites for hydroxylation is 2. The van der Waals surface area contributed by atoms with Gasteiger partial charge in [0.15, 0.2) is 6.61 Å². The summed E-state index contributed by atoms with van der Waals surface area (Å²) >= 11 is 0. The number of rotatable bonds is 6. The van der Waals surface area contributed by atoms with Gasteiger partial charge in [-0.2, -0.15) is 0 Å². The molecule has 2 aromatic rings. The Balaban J connectivity index is 1.42. The number of esters is 1. The molecule has 0 saturated carbocycles. The molecular weight excluding hydrogens is 288 g/mol. The fourth-order valence-corrected chi connectivity index (χ4v) is 2.91. The molecule has 3 rings (SSSR count). The molecule has 2 aromatic carbocycles. The summed E-state index contributed by atoms with van der Waals surface area (Å²) < 4.78 is 10.8. The van der Waals surface area contributed by atoms with Gasteiger partial charge in [-0.25, -0.2) is 4.79 Å². The van der Waals surface area contributed by atoms with Gasteiger partial charge in [-0.1, -0.05) is 36.4 Å². The molecule has 0 aromatic heterocycles. The summed E-state index contributed by atoms with van der Waals surface area (Å²) in [5.41, 5.74) is 3.93. The fourth-order valence-electron chi connectivity index (χ4n) is 2.91. The summed E-state index contributed by atoms with van der Waals surface area (Å²) in [5, 5.41) is 0. The Hall–Kier alpha value is -2.29.